The molecule has 0 aliphatic carbocycles. The van der Waals surface area contributed by atoms with Crippen LogP contribution in [-0.4, -0.2) is 51.8 Å². The van der Waals surface area contributed by atoms with Crippen LogP contribution in [0.5, 0.6) is 11.5 Å². The van der Waals surface area contributed by atoms with Crippen molar-refractivity contribution >= 4 is 65.1 Å². The average Bonchev–Trinajstić information content (AvgIpc) is 3.09. The normalized spacial score (nSPS) is 12.4. The number of aromatic hydroxyl groups is 1. The minimum atomic E-state index is -4.84. The smallest absolute Gasteiger partial charge is 0.313 e. The SMILES string of the molecule is CCN(CC)OS(=O)(=O)c1ccc(N=Nc2cc(OC)c(N=Nc3c(S(=O)(=O)O)cc4cc(Nc5ccccc5)ccc4c3O)cc2C)cc1. The third-order valence-electron chi connectivity index (χ3n) is 7.45. The number of benzene rings is 5. The first-order valence-corrected chi connectivity index (χ1v) is 18.1. The van der Waals surface area contributed by atoms with E-state index in [0.29, 0.717) is 41.1 Å². The molecule has 0 fully saturated rings. The van der Waals surface area contributed by atoms with Gasteiger partial charge in [-0.3, -0.25) is 4.55 Å². The van der Waals surface area contributed by atoms with Crippen molar-refractivity contribution < 1.29 is 35.5 Å². The van der Waals surface area contributed by atoms with E-state index in [-0.39, 0.29) is 21.7 Å². The van der Waals surface area contributed by atoms with Crippen LogP contribution in [0.2, 0.25) is 0 Å². The lowest BCUT2D eigenvalue weighted by atomic mass is 10.1. The van der Waals surface area contributed by atoms with Gasteiger partial charge >= 0.3 is 10.1 Å². The lowest BCUT2D eigenvalue weighted by Gasteiger charge is -2.16. The number of methoxy groups -OCH3 is 1. The van der Waals surface area contributed by atoms with Gasteiger partial charge in [0, 0.05) is 35.9 Å². The number of ether oxygens (including phenoxy) is 1. The maximum atomic E-state index is 12.5. The van der Waals surface area contributed by atoms with E-state index in [0.717, 1.165) is 5.69 Å². The topological polar surface area (TPSA) is 192 Å². The van der Waals surface area contributed by atoms with E-state index in [2.05, 4.69) is 25.8 Å². The van der Waals surface area contributed by atoms with Crippen LogP contribution in [0.3, 0.4) is 0 Å². The van der Waals surface area contributed by atoms with Crippen molar-refractivity contribution in [3.05, 3.63) is 96.6 Å². The summed E-state index contributed by atoms with van der Waals surface area (Å²) in [6, 6.07) is 24.3. The molecule has 50 heavy (non-hydrogen) atoms. The van der Waals surface area contributed by atoms with Gasteiger partial charge in [0.05, 0.1) is 23.4 Å². The Bertz CT molecular complexity index is 2300. The van der Waals surface area contributed by atoms with Gasteiger partial charge in [-0.05, 0) is 84.6 Å². The van der Waals surface area contributed by atoms with E-state index in [1.165, 1.54) is 48.6 Å². The average molecular weight is 719 g/mol. The second kappa shape index (κ2) is 15.1. The highest BCUT2D eigenvalue weighted by Crippen LogP contribution is 2.43. The summed E-state index contributed by atoms with van der Waals surface area (Å²) in [6.45, 7) is 6.09. The first-order chi connectivity index (χ1) is 23.8. The van der Waals surface area contributed by atoms with E-state index in [4.69, 9.17) is 9.02 Å². The van der Waals surface area contributed by atoms with Crippen molar-refractivity contribution in [1.82, 2.24) is 5.06 Å². The van der Waals surface area contributed by atoms with E-state index in [9.17, 15) is 26.5 Å². The van der Waals surface area contributed by atoms with Crippen molar-refractivity contribution in [3.63, 3.8) is 0 Å². The monoisotopic (exact) mass is 718 g/mol. The summed E-state index contributed by atoms with van der Waals surface area (Å²) in [4.78, 5) is -0.669. The largest absolute Gasteiger partial charge is 0.505 e. The molecular weight excluding hydrogens is 685 g/mol. The second-order valence-electron chi connectivity index (χ2n) is 10.8. The number of hydroxylamine groups is 2. The highest BCUT2D eigenvalue weighted by molar-refractivity contribution is 7.86. The van der Waals surface area contributed by atoms with Crippen molar-refractivity contribution in [2.45, 2.75) is 30.6 Å². The van der Waals surface area contributed by atoms with Gasteiger partial charge in [-0.2, -0.15) is 36.4 Å². The third-order valence-corrected chi connectivity index (χ3v) is 9.58. The molecule has 0 heterocycles. The van der Waals surface area contributed by atoms with Crippen LogP contribution in [0.4, 0.5) is 34.1 Å². The molecule has 0 amide bonds. The van der Waals surface area contributed by atoms with Gasteiger partial charge in [-0.25, -0.2) is 0 Å². The Morgan fingerprint density at radius 2 is 1.46 bits per heavy atom. The molecule has 0 bridgehead atoms. The number of nitrogens with one attached hydrogen (secondary N) is 1. The van der Waals surface area contributed by atoms with Gasteiger partial charge < -0.3 is 15.2 Å². The van der Waals surface area contributed by atoms with Crippen LogP contribution in [0.1, 0.15) is 19.4 Å². The van der Waals surface area contributed by atoms with Crippen molar-refractivity contribution in [2.75, 3.05) is 25.5 Å². The molecule has 0 saturated heterocycles. The van der Waals surface area contributed by atoms with Crippen LogP contribution >= 0.6 is 0 Å². The zero-order valence-corrected chi connectivity index (χ0v) is 29.1. The van der Waals surface area contributed by atoms with Gasteiger partial charge in [-0.1, -0.05) is 32.0 Å². The molecule has 0 aliphatic heterocycles. The van der Waals surface area contributed by atoms with E-state index < -0.39 is 36.6 Å². The number of aryl methyl sites for hydroxylation is 1. The summed E-state index contributed by atoms with van der Waals surface area (Å²) >= 11 is 0. The molecule has 0 unspecified atom stereocenters. The minimum Gasteiger partial charge on any atom is -0.505 e. The fourth-order valence-corrected chi connectivity index (χ4v) is 6.53. The Balaban J connectivity index is 1.42. The number of hydrogen-bond acceptors (Lipinski definition) is 13. The quantitative estimate of drug-likeness (QED) is 0.0603. The van der Waals surface area contributed by atoms with Crippen LogP contribution in [0.25, 0.3) is 10.8 Å². The number of rotatable bonds is 13. The Kier molecular flexibility index (Phi) is 10.9. The molecule has 5 aromatic carbocycles. The zero-order valence-electron chi connectivity index (χ0n) is 27.5. The van der Waals surface area contributed by atoms with Crippen molar-refractivity contribution in [1.29, 1.82) is 0 Å². The lowest BCUT2D eigenvalue weighted by Crippen LogP contribution is -2.27. The highest BCUT2D eigenvalue weighted by atomic mass is 32.2. The maximum absolute atomic E-state index is 12.5. The summed E-state index contributed by atoms with van der Waals surface area (Å²) in [6.07, 6.45) is 0. The lowest BCUT2D eigenvalue weighted by molar-refractivity contribution is -0.0413. The van der Waals surface area contributed by atoms with E-state index in [1.807, 2.05) is 30.3 Å². The van der Waals surface area contributed by atoms with Gasteiger partial charge in [0.15, 0.2) is 5.75 Å². The number of fused-ring (bicyclic) bond motifs is 1. The fourth-order valence-electron chi connectivity index (χ4n) is 4.83. The zero-order chi connectivity index (χ0) is 36.1. The molecule has 0 aliphatic rings. The molecule has 0 radical (unpaired) electrons. The summed E-state index contributed by atoms with van der Waals surface area (Å²) < 4.78 is 70.6. The minimum absolute atomic E-state index is 0.0321. The number of nitrogens with zero attached hydrogens (tertiary/aromatic N) is 5. The molecular formula is C34H34N6O8S2. The number of para-hydroxylation sites is 1. The number of azo groups is 2. The molecule has 3 N–H and O–H groups in total. The van der Waals surface area contributed by atoms with Crippen molar-refractivity contribution in [3.8, 4) is 11.5 Å². The first kappa shape index (κ1) is 36.0. The molecule has 0 spiro atoms. The first-order valence-electron chi connectivity index (χ1n) is 15.2. The Morgan fingerprint density at radius 3 is 2.10 bits per heavy atom. The second-order valence-corrected chi connectivity index (χ2v) is 13.7. The molecule has 5 aromatic rings. The number of anilines is 2. The van der Waals surface area contributed by atoms with Gasteiger partial charge in [0.2, 0.25) is 0 Å². The molecule has 16 heteroatoms. The van der Waals surface area contributed by atoms with E-state index >= 15 is 0 Å². The highest BCUT2D eigenvalue weighted by Gasteiger charge is 2.23. The van der Waals surface area contributed by atoms with Crippen LogP contribution in [0.15, 0.2) is 121 Å². The number of phenolic OH excluding ortho intramolecular Hbond substituents is 1. The van der Waals surface area contributed by atoms with Crippen molar-refractivity contribution in [2.24, 2.45) is 20.5 Å². The van der Waals surface area contributed by atoms with E-state index in [1.54, 1.807) is 45.0 Å². The Hall–Kier alpha value is -5.26. The third kappa shape index (κ3) is 8.30. The molecule has 260 valence electrons. The molecule has 0 saturated carbocycles. The molecule has 14 nitrogen and oxygen atoms in total. The van der Waals surface area contributed by atoms with Crippen LogP contribution < -0.4 is 10.1 Å². The van der Waals surface area contributed by atoms with Gasteiger partial charge in [0.25, 0.3) is 10.1 Å². The molecule has 0 aromatic heterocycles. The summed E-state index contributed by atoms with van der Waals surface area (Å²) in [5, 5.41) is 32.9. The van der Waals surface area contributed by atoms with Crippen LogP contribution in [0, 0.1) is 6.92 Å². The summed E-state index contributed by atoms with van der Waals surface area (Å²) in [7, 11) is -7.45. The summed E-state index contributed by atoms with van der Waals surface area (Å²) in [5.74, 6) is -0.293. The number of hydrogen-bond donors (Lipinski definition) is 3. The predicted octanol–water partition coefficient (Wildman–Crippen LogP) is 8.65. The number of phenols is 1. The van der Waals surface area contributed by atoms with Crippen LogP contribution in [-0.2, 0) is 24.5 Å². The fraction of sp³-hybridized carbons (Fsp3) is 0.176. The molecule has 0 atom stereocenters. The predicted molar refractivity (Wildman–Crippen MR) is 189 cm³/mol. The van der Waals surface area contributed by atoms with Gasteiger partial charge in [0.1, 0.15) is 22.0 Å². The Labute approximate surface area is 289 Å². The Morgan fingerprint density at radius 1 is 0.780 bits per heavy atom. The van der Waals surface area contributed by atoms with Gasteiger partial charge in [-0.15, -0.1) is 10.2 Å². The summed E-state index contributed by atoms with van der Waals surface area (Å²) in [5.41, 5.74) is 2.51. The molecule has 5 rings (SSSR count). The standard InChI is InChI=1S/C34H34N6O8S2/c1-5-40(6-2)48-50(45,46)27-15-12-25(13-16-27)36-37-29-21-31(47-4)30(18-22(29)3)38-39-33-32(49(42,43)44)20-23-19-26(14-17-28(23)34(33)41)35-24-10-8-7-9-11-24/h7-21,35,41H,5-6H2,1-4H3,(H,42,43,44). The maximum Gasteiger partial charge on any atom is 0.313 e.